The molecule has 63 heavy (non-hydrogen) atoms. The number of hydrogen-bond acceptors (Lipinski definition) is 2. The van der Waals surface area contributed by atoms with E-state index in [0.717, 1.165) is 0 Å². The van der Waals surface area contributed by atoms with Crippen LogP contribution in [0.15, 0.2) is 140 Å². The van der Waals surface area contributed by atoms with E-state index in [1.807, 2.05) is 0 Å². The average molecular weight is 823 g/mol. The van der Waals surface area contributed by atoms with Crippen molar-refractivity contribution >= 4 is 57.2 Å². The fraction of sp³-hybridized carbons (Fsp3) is 0.300. The molecule has 7 aromatic carbocycles. The molecule has 0 unspecified atom stereocenters. The minimum atomic E-state index is -0.0251. The van der Waals surface area contributed by atoms with Gasteiger partial charge in [0.05, 0.1) is 5.69 Å². The Kier molecular flexibility index (Phi) is 9.40. The van der Waals surface area contributed by atoms with Crippen molar-refractivity contribution in [3.63, 3.8) is 0 Å². The Bertz CT molecular complexity index is 2940. The zero-order valence-corrected chi connectivity index (χ0v) is 39.7. The van der Waals surface area contributed by atoms with E-state index in [1.165, 1.54) is 119 Å². The van der Waals surface area contributed by atoms with Crippen LogP contribution in [0, 0.1) is 13.8 Å². The summed E-state index contributed by atoms with van der Waals surface area (Å²) in [5, 5.41) is 0. The predicted octanol–water partition coefficient (Wildman–Crippen LogP) is 14.7. The van der Waals surface area contributed by atoms with Gasteiger partial charge in [0.2, 0.25) is 0 Å². The minimum absolute atomic E-state index is 0.00753. The molecule has 0 saturated carbocycles. The molecule has 0 bridgehead atoms. The van der Waals surface area contributed by atoms with Gasteiger partial charge in [0, 0.05) is 34.0 Å². The molecular formula is C60H63BN2. The Hall–Kier alpha value is -5.80. The number of anilines is 6. The summed E-state index contributed by atoms with van der Waals surface area (Å²) >= 11 is 0. The Balaban J connectivity index is 1.34. The van der Waals surface area contributed by atoms with Crippen LogP contribution in [0.1, 0.15) is 115 Å². The zero-order valence-electron chi connectivity index (χ0n) is 39.7. The third-order valence-corrected chi connectivity index (χ3v) is 14.8. The van der Waals surface area contributed by atoms with Gasteiger partial charge in [0.1, 0.15) is 0 Å². The van der Waals surface area contributed by atoms with Gasteiger partial charge in [-0.1, -0.05) is 166 Å². The molecule has 0 radical (unpaired) electrons. The summed E-state index contributed by atoms with van der Waals surface area (Å²) in [6, 6.07) is 53.9. The fourth-order valence-corrected chi connectivity index (χ4v) is 10.9. The molecule has 0 saturated heterocycles. The molecule has 2 aliphatic heterocycles. The summed E-state index contributed by atoms with van der Waals surface area (Å²) in [5.74, 6) is 0. The lowest BCUT2D eigenvalue weighted by Crippen LogP contribution is -2.62. The third kappa shape index (κ3) is 6.77. The van der Waals surface area contributed by atoms with E-state index in [1.54, 1.807) is 0 Å². The lowest BCUT2D eigenvalue weighted by Gasteiger charge is -2.48. The molecule has 316 valence electrons. The SMILES string of the molecule is Cc1cc2c3c(c1)N(c1ccc(C(C)(C)C)cc1-c1ccccc1)c1cc4c(cc1B3c1ccc(C(C)(C)C)cc1N2c1cc(-c2ccccc2)ccc1C)C(C)(C)CCC4(C)C. The van der Waals surface area contributed by atoms with Crippen LogP contribution >= 0.6 is 0 Å². The molecule has 1 aliphatic carbocycles. The van der Waals surface area contributed by atoms with Gasteiger partial charge in [-0.2, -0.15) is 0 Å². The topological polar surface area (TPSA) is 6.48 Å². The predicted molar refractivity (Wildman–Crippen MR) is 273 cm³/mol. The molecule has 0 atom stereocenters. The van der Waals surface area contributed by atoms with Crippen molar-refractivity contribution in [3.8, 4) is 22.3 Å². The summed E-state index contributed by atoms with van der Waals surface area (Å²) in [6.07, 6.45) is 2.34. The Morgan fingerprint density at radius 3 is 1.60 bits per heavy atom. The van der Waals surface area contributed by atoms with Crippen molar-refractivity contribution in [2.24, 2.45) is 0 Å². The number of nitrogens with zero attached hydrogens (tertiary/aromatic N) is 2. The summed E-state index contributed by atoms with van der Waals surface area (Å²) in [6.45, 7) is 28.5. The third-order valence-electron chi connectivity index (χ3n) is 14.8. The maximum Gasteiger partial charge on any atom is 0.252 e. The molecule has 0 aromatic heterocycles. The second kappa shape index (κ2) is 14.4. The second-order valence-electron chi connectivity index (χ2n) is 22.3. The number of rotatable bonds is 4. The van der Waals surface area contributed by atoms with Gasteiger partial charge in [-0.3, -0.25) is 0 Å². The number of aryl methyl sites for hydroxylation is 2. The molecule has 2 heterocycles. The average Bonchev–Trinajstić information content (AvgIpc) is 3.25. The Morgan fingerprint density at radius 1 is 0.444 bits per heavy atom. The Morgan fingerprint density at radius 2 is 0.984 bits per heavy atom. The number of benzene rings is 7. The monoisotopic (exact) mass is 823 g/mol. The van der Waals surface area contributed by atoms with Gasteiger partial charge in [-0.05, 0) is 157 Å². The first-order chi connectivity index (χ1) is 29.8. The molecule has 10 rings (SSSR count). The summed E-state index contributed by atoms with van der Waals surface area (Å²) < 4.78 is 0. The van der Waals surface area contributed by atoms with E-state index in [-0.39, 0.29) is 28.4 Å². The minimum Gasteiger partial charge on any atom is -0.311 e. The smallest absolute Gasteiger partial charge is 0.252 e. The summed E-state index contributed by atoms with van der Waals surface area (Å²) in [5.41, 5.74) is 24.9. The highest BCUT2D eigenvalue weighted by Crippen LogP contribution is 2.52. The van der Waals surface area contributed by atoms with Crippen LogP contribution in [0.5, 0.6) is 0 Å². The van der Waals surface area contributed by atoms with E-state index in [2.05, 4.69) is 232 Å². The normalized spacial score (nSPS) is 16.0. The van der Waals surface area contributed by atoms with E-state index in [4.69, 9.17) is 0 Å². The van der Waals surface area contributed by atoms with Gasteiger partial charge >= 0.3 is 0 Å². The van der Waals surface area contributed by atoms with Gasteiger partial charge in [-0.25, -0.2) is 0 Å². The first-order valence-electron chi connectivity index (χ1n) is 23.3. The summed E-state index contributed by atoms with van der Waals surface area (Å²) in [7, 11) is 0. The highest BCUT2D eigenvalue weighted by molar-refractivity contribution is 7.00. The van der Waals surface area contributed by atoms with E-state index >= 15 is 0 Å². The van der Waals surface area contributed by atoms with Gasteiger partial charge in [-0.15, -0.1) is 0 Å². The molecule has 3 aliphatic rings. The van der Waals surface area contributed by atoms with Gasteiger partial charge < -0.3 is 9.80 Å². The highest BCUT2D eigenvalue weighted by atomic mass is 15.2. The summed E-state index contributed by atoms with van der Waals surface area (Å²) in [4.78, 5) is 5.30. The van der Waals surface area contributed by atoms with Gasteiger partial charge in [0.15, 0.2) is 0 Å². The quantitative estimate of drug-likeness (QED) is 0.163. The van der Waals surface area contributed by atoms with Crippen molar-refractivity contribution < 1.29 is 0 Å². The van der Waals surface area contributed by atoms with Crippen molar-refractivity contribution in [3.05, 3.63) is 173 Å². The molecule has 0 amide bonds. The second-order valence-corrected chi connectivity index (χ2v) is 22.3. The molecule has 0 fully saturated rings. The van der Waals surface area contributed by atoms with Crippen LogP contribution in [0.3, 0.4) is 0 Å². The first kappa shape index (κ1) is 41.2. The van der Waals surface area contributed by atoms with Crippen molar-refractivity contribution in [2.75, 3.05) is 9.80 Å². The first-order valence-corrected chi connectivity index (χ1v) is 23.3. The van der Waals surface area contributed by atoms with Gasteiger partial charge in [0.25, 0.3) is 6.71 Å². The van der Waals surface area contributed by atoms with Crippen LogP contribution in [-0.4, -0.2) is 6.71 Å². The molecule has 3 heteroatoms. The lowest BCUT2D eigenvalue weighted by molar-refractivity contribution is 0.332. The van der Waals surface area contributed by atoms with Crippen LogP contribution in [0.4, 0.5) is 34.1 Å². The molecule has 0 N–H and O–H groups in total. The number of fused-ring (bicyclic) bond motifs is 5. The zero-order chi connectivity index (χ0) is 44.4. The largest absolute Gasteiger partial charge is 0.311 e. The van der Waals surface area contributed by atoms with Crippen LogP contribution in [0.25, 0.3) is 22.3 Å². The number of hydrogen-bond donors (Lipinski definition) is 0. The lowest BCUT2D eigenvalue weighted by atomic mass is 9.33. The molecular weight excluding hydrogens is 759 g/mol. The van der Waals surface area contributed by atoms with E-state index < -0.39 is 0 Å². The van der Waals surface area contributed by atoms with Crippen LogP contribution < -0.4 is 26.2 Å². The molecule has 2 nitrogen and oxygen atoms in total. The van der Waals surface area contributed by atoms with Crippen molar-refractivity contribution in [2.45, 2.75) is 118 Å². The fourth-order valence-electron chi connectivity index (χ4n) is 10.9. The standard InChI is InChI=1S/C60H63BN2/c1-38-31-54-56-55(32-38)63(51-33-42(24-23-39(51)2)40-19-15-13-16-20-40)52-35-44(58(6,7)8)25-27-48(52)61(56)49-36-46-47(60(11,12)30-29-59(46,9)10)37-53(49)62(54)50-28-26-43(57(3,4)5)34-45(50)41-21-17-14-18-22-41/h13-28,31-37H,29-30H2,1-12H3. The Labute approximate surface area is 378 Å². The van der Waals surface area contributed by atoms with Crippen LogP contribution in [-0.2, 0) is 21.7 Å². The maximum absolute atomic E-state index is 2.67. The van der Waals surface area contributed by atoms with Crippen molar-refractivity contribution in [1.29, 1.82) is 0 Å². The molecule has 7 aromatic rings. The van der Waals surface area contributed by atoms with E-state index in [0.29, 0.717) is 0 Å². The van der Waals surface area contributed by atoms with Crippen LogP contribution in [0.2, 0.25) is 0 Å². The maximum atomic E-state index is 2.67. The highest BCUT2D eigenvalue weighted by Gasteiger charge is 2.47. The molecule has 0 spiro atoms. The van der Waals surface area contributed by atoms with E-state index in [9.17, 15) is 0 Å². The van der Waals surface area contributed by atoms with Crippen molar-refractivity contribution in [1.82, 2.24) is 0 Å².